The molecule has 4 nitrogen and oxygen atoms in total. The Balaban J connectivity index is 0.00000264. The third-order valence-corrected chi connectivity index (χ3v) is 4.53. The molecule has 0 spiro atoms. The van der Waals surface area contributed by atoms with Gasteiger partial charge in [-0.15, -0.1) is 23.7 Å². The zero-order valence-electron chi connectivity index (χ0n) is 13.8. The Kier molecular flexibility index (Phi) is 8.23. The van der Waals surface area contributed by atoms with Crippen molar-refractivity contribution in [2.24, 2.45) is 0 Å². The average Bonchev–Trinajstić information content (AvgIpc) is 2.81. The number of thiazole rings is 1. The molecule has 2 rings (SSSR count). The lowest BCUT2D eigenvalue weighted by atomic mass is 10.1. The Bertz CT molecular complexity index is 625. The van der Waals surface area contributed by atoms with Gasteiger partial charge < -0.3 is 10.6 Å². The SMILES string of the molecule is CNCCCC(=O)Nc1nc(C)c(Cc2ccc(C)cc2)s1.Cl. The maximum atomic E-state index is 11.8. The van der Waals surface area contributed by atoms with Crippen molar-refractivity contribution in [3.63, 3.8) is 0 Å². The van der Waals surface area contributed by atoms with E-state index in [1.54, 1.807) is 11.3 Å². The van der Waals surface area contributed by atoms with Crippen molar-refractivity contribution in [1.29, 1.82) is 0 Å². The molecule has 0 fully saturated rings. The highest BCUT2D eigenvalue weighted by Crippen LogP contribution is 2.25. The minimum absolute atomic E-state index is 0. The van der Waals surface area contributed by atoms with Crippen LogP contribution in [0, 0.1) is 13.8 Å². The van der Waals surface area contributed by atoms with Crippen LogP contribution in [0.3, 0.4) is 0 Å². The van der Waals surface area contributed by atoms with Crippen molar-refractivity contribution < 1.29 is 4.79 Å². The number of aromatic nitrogens is 1. The van der Waals surface area contributed by atoms with Crippen LogP contribution in [0.2, 0.25) is 0 Å². The number of hydrogen-bond donors (Lipinski definition) is 2. The summed E-state index contributed by atoms with van der Waals surface area (Å²) in [5.74, 6) is 0.0332. The van der Waals surface area contributed by atoms with Crippen molar-refractivity contribution in [2.75, 3.05) is 18.9 Å². The Hall–Kier alpha value is -1.43. The van der Waals surface area contributed by atoms with Crippen molar-refractivity contribution in [2.45, 2.75) is 33.1 Å². The summed E-state index contributed by atoms with van der Waals surface area (Å²) in [4.78, 5) is 17.5. The molecule has 1 aromatic carbocycles. The van der Waals surface area contributed by atoms with Crippen molar-refractivity contribution in [3.05, 3.63) is 46.0 Å². The van der Waals surface area contributed by atoms with E-state index >= 15 is 0 Å². The number of carbonyl (C=O) groups is 1. The second-order valence-corrected chi connectivity index (χ2v) is 6.53. The van der Waals surface area contributed by atoms with E-state index in [1.165, 1.54) is 16.0 Å². The van der Waals surface area contributed by atoms with Gasteiger partial charge in [-0.05, 0) is 39.4 Å². The first-order chi connectivity index (χ1) is 10.6. The first-order valence-corrected chi connectivity index (χ1v) is 8.36. The number of amides is 1. The summed E-state index contributed by atoms with van der Waals surface area (Å²) in [6.07, 6.45) is 2.22. The van der Waals surface area contributed by atoms with Crippen LogP contribution in [0.25, 0.3) is 0 Å². The number of aryl methyl sites for hydroxylation is 2. The van der Waals surface area contributed by atoms with Crippen molar-refractivity contribution in [1.82, 2.24) is 10.3 Å². The van der Waals surface area contributed by atoms with Crippen LogP contribution in [-0.4, -0.2) is 24.5 Å². The lowest BCUT2D eigenvalue weighted by molar-refractivity contribution is -0.116. The quantitative estimate of drug-likeness (QED) is 0.746. The Morgan fingerprint density at radius 3 is 2.57 bits per heavy atom. The van der Waals surface area contributed by atoms with Crippen molar-refractivity contribution >= 4 is 34.8 Å². The molecule has 1 heterocycles. The van der Waals surface area contributed by atoms with Gasteiger partial charge >= 0.3 is 0 Å². The molecule has 1 amide bonds. The number of anilines is 1. The number of halogens is 1. The normalized spacial score (nSPS) is 10.2. The van der Waals surface area contributed by atoms with Gasteiger partial charge in [0.1, 0.15) is 0 Å². The molecule has 0 atom stereocenters. The Morgan fingerprint density at radius 2 is 1.91 bits per heavy atom. The van der Waals surface area contributed by atoms with Crippen LogP contribution >= 0.6 is 23.7 Å². The van der Waals surface area contributed by atoms with Gasteiger partial charge in [0, 0.05) is 17.7 Å². The Labute approximate surface area is 148 Å². The van der Waals surface area contributed by atoms with Gasteiger partial charge in [0.2, 0.25) is 5.91 Å². The molecule has 0 aliphatic rings. The van der Waals surface area contributed by atoms with Gasteiger partial charge in [0.15, 0.2) is 5.13 Å². The molecule has 0 bridgehead atoms. The van der Waals surface area contributed by atoms with E-state index in [0.717, 1.165) is 25.1 Å². The fourth-order valence-electron chi connectivity index (χ4n) is 2.14. The summed E-state index contributed by atoms with van der Waals surface area (Å²) in [5, 5.41) is 6.64. The van der Waals surface area contributed by atoms with Gasteiger partial charge in [0.05, 0.1) is 5.69 Å². The van der Waals surface area contributed by atoms with E-state index in [0.29, 0.717) is 11.6 Å². The van der Waals surface area contributed by atoms with Gasteiger partial charge in [-0.1, -0.05) is 29.8 Å². The first kappa shape index (κ1) is 19.6. The fourth-order valence-corrected chi connectivity index (χ4v) is 3.16. The molecule has 2 N–H and O–H groups in total. The minimum Gasteiger partial charge on any atom is -0.320 e. The van der Waals surface area contributed by atoms with Crippen molar-refractivity contribution in [3.8, 4) is 0 Å². The third-order valence-electron chi connectivity index (χ3n) is 3.45. The lowest BCUT2D eigenvalue weighted by Gasteiger charge is -2.01. The maximum Gasteiger partial charge on any atom is 0.226 e. The van der Waals surface area contributed by atoms with E-state index in [2.05, 4.69) is 46.8 Å². The lowest BCUT2D eigenvalue weighted by Crippen LogP contribution is -2.15. The molecule has 23 heavy (non-hydrogen) atoms. The molecule has 0 aliphatic carbocycles. The first-order valence-electron chi connectivity index (χ1n) is 7.55. The van der Waals surface area contributed by atoms with Crippen LogP contribution in [-0.2, 0) is 11.2 Å². The number of hydrogen-bond acceptors (Lipinski definition) is 4. The van der Waals surface area contributed by atoms with Crippen LogP contribution < -0.4 is 10.6 Å². The van der Waals surface area contributed by atoms with Gasteiger partial charge in [-0.2, -0.15) is 0 Å². The number of benzene rings is 1. The number of rotatable bonds is 7. The summed E-state index contributed by atoms with van der Waals surface area (Å²) in [6.45, 7) is 4.93. The predicted molar refractivity (Wildman–Crippen MR) is 99.9 cm³/mol. The van der Waals surface area contributed by atoms with Gasteiger partial charge in [-0.25, -0.2) is 4.98 Å². The number of carbonyl (C=O) groups excluding carboxylic acids is 1. The molecule has 126 valence electrons. The molecule has 0 unspecified atom stereocenters. The molecule has 0 saturated carbocycles. The summed E-state index contributed by atoms with van der Waals surface area (Å²) < 4.78 is 0. The summed E-state index contributed by atoms with van der Waals surface area (Å²) >= 11 is 1.57. The molecule has 0 saturated heterocycles. The molecular weight excluding hydrogens is 330 g/mol. The Morgan fingerprint density at radius 1 is 1.22 bits per heavy atom. The second-order valence-electron chi connectivity index (χ2n) is 5.45. The number of nitrogens with zero attached hydrogens (tertiary/aromatic N) is 1. The minimum atomic E-state index is 0. The van der Waals surface area contributed by atoms with E-state index in [-0.39, 0.29) is 18.3 Å². The van der Waals surface area contributed by atoms with E-state index in [1.807, 2.05) is 14.0 Å². The highest BCUT2D eigenvalue weighted by Gasteiger charge is 2.10. The smallest absolute Gasteiger partial charge is 0.226 e. The predicted octanol–water partition coefficient (Wildman–Crippen LogP) is 3.71. The maximum absolute atomic E-state index is 11.8. The molecule has 2 aromatic rings. The second kappa shape index (κ2) is 9.65. The summed E-state index contributed by atoms with van der Waals surface area (Å²) in [5.41, 5.74) is 3.53. The third kappa shape index (κ3) is 6.29. The van der Waals surface area contributed by atoms with Crippen LogP contribution in [0.5, 0.6) is 0 Å². The van der Waals surface area contributed by atoms with E-state index < -0.39 is 0 Å². The topological polar surface area (TPSA) is 54.0 Å². The van der Waals surface area contributed by atoms with Gasteiger partial charge in [-0.3, -0.25) is 4.79 Å². The van der Waals surface area contributed by atoms with E-state index in [9.17, 15) is 4.79 Å². The monoisotopic (exact) mass is 353 g/mol. The van der Waals surface area contributed by atoms with Crippen LogP contribution in [0.4, 0.5) is 5.13 Å². The van der Waals surface area contributed by atoms with Crippen LogP contribution in [0.15, 0.2) is 24.3 Å². The average molecular weight is 354 g/mol. The van der Waals surface area contributed by atoms with Crippen LogP contribution in [0.1, 0.15) is 34.5 Å². The number of nitrogens with one attached hydrogen (secondary N) is 2. The molecular formula is C17H24ClN3OS. The highest BCUT2D eigenvalue weighted by molar-refractivity contribution is 7.15. The zero-order chi connectivity index (χ0) is 15.9. The fraction of sp³-hybridized carbons (Fsp3) is 0.412. The van der Waals surface area contributed by atoms with Gasteiger partial charge in [0.25, 0.3) is 0 Å². The largest absolute Gasteiger partial charge is 0.320 e. The zero-order valence-corrected chi connectivity index (χ0v) is 15.4. The molecule has 0 aliphatic heterocycles. The standard InChI is InChI=1S/C17H23N3OS.ClH/c1-12-6-8-14(9-7-12)11-15-13(2)19-17(22-15)20-16(21)5-4-10-18-3;/h6-9,18H,4-5,10-11H2,1-3H3,(H,19,20,21);1H. The van der Waals surface area contributed by atoms with E-state index in [4.69, 9.17) is 0 Å². The molecule has 1 aromatic heterocycles. The summed E-state index contributed by atoms with van der Waals surface area (Å²) in [7, 11) is 1.89. The summed E-state index contributed by atoms with van der Waals surface area (Å²) in [6, 6.07) is 8.53. The highest BCUT2D eigenvalue weighted by atomic mass is 35.5. The molecule has 6 heteroatoms. The molecule has 0 radical (unpaired) electrons.